The number of hydrogen-bond donors (Lipinski definition) is 1. The van der Waals surface area contributed by atoms with Gasteiger partial charge in [0.15, 0.2) is 5.78 Å². The van der Waals surface area contributed by atoms with Gasteiger partial charge < -0.3 is 10.1 Å². The van der Waals surface area contributed by atoms with Gasteiger partial charge in [0.2, 0.25) is 0 Å². The standard InChI is InChI=1S/C26H23N2S.C13H24O2.Ir/c1-14-7-15(2)11-20(10-14)24-26-23(21(12-27)13-28-24)19(6)25(29-26)22-17(4)8-16(3)9-18(22)5;1-5-10(6-2)12(14)9-13(15)11(7-3)8-4;/h7-10,13H,1-6H3;9-11,14H,5-8H2,1-4H3;/q-1;;/b;12-9-;. The summed E-state index contributed by atoms with van der Waals surface area (Å²) in [7, 11) is 0. The van der Waals surface area contributed by atoms with Crippen LogP contribution in [-0.2, 0) is 24.9 Å². The smallest absolute Gasteiger partial charge is 0.162 e. The molecule has 6 heteroatoms. The summed E-state index contributed by atoms with van der Waals surface area (Å²) in [6.45, 7) is 20.8. The Hall–Kier alpha value is -3.10. The molecule has 4 rings (SSSR count). The molecule has 4 nitrogen and oxygen atoms in total. The molecule has 0 bridgehead atoms. The number of hydrogen-bond acceptors (Lipinski definition) is 5. The van der Waals surface area contributed by atoms with Crippen LogP contribution < -0.4 is 0 Å². The number of ketones is 1. The number of aliphatic hydroxyl groups excluding tert-OH is 1. The molecule has 0 spiro atoms. The number of carbonyl (C=O) groups is 1. The number of thiophene rings is 1. The van der Waals surface area contributed by atoms with Crippen LogP contribution in [0.15, 0.2) is 42.3 Å². The van der Waals surface area contributed by atoms with Gasteiger partial charge >= 0.3 is 0 Å². The Morgan fingerprint density at radius 1 is 0.933 bits per heavy atom. The maximum absolute atomic E-state index is 11.7. The van der Waals surface area contributed by atoms with Crippen LogP contribution in [0.5, 0.6) is 0 Å². The van der Waals surface area contributed by atoms with Gasteiger partial charge in [-0.25, -0.2) is 0 Å². The number of pyridine rings is 1. The summed E-state index contributed by atoms with van der Waals surface area (Å²) in [5, 5.41) is 20.5. The number of benzene rings is 2. The Balaban J connectivity index is 0.000000378. The van der Waals surface area contributed by atoms with E-state index >= 15 is 0 Å². The van der Waals surface area contributed by atoms with Crippen LogP contribution >= 0.6 is 11.3 Å². The second-order valence-corrected chi connectivity index (χ2v) is 12.9. The predicted octanol–water partition coefficient (Wildman–Crippen LogP) is 11.0. The maximum atomic E-state index is 11.7. The van der Waals surface area contributed by atoms with Crippen molar-refractivity contribution in [3.05, 3.63) is 87.3 Å². The van der Waals surface area contributed by atoms with Gasteiger partial charge in [-0.15, -0.1) is 46.2 Å². The zero-order valence-electron chi connectivity index (χ0n) is 28.4. The molecule has 1 radical (unpaired) electrons. The number of carbonyl (C=O) groups excluding carboxylic acids is 1. The van der Waals surface area contributed by atoms with Crippen LogP contribution in [0.1, 0.15) is 92.3 Å². The summed E-state index contributed by atoms with van der Waals surface area (Å²) < 4.78 is 1.07. The van der Waals surface area contributed by atoms with E-state index in [9.17, 15) is 15.2 Å². The number of allylic oxidation sites excluding steroid dienone is 2. The van der Waals surface area contributed by atoms with Gasteiger partial charge in [-0.1, -0.05) is 59.2 Å². The van der Waals surface area contributed by atoms with Gasteiger partial charge in [0.1, 0.15) is 6.07 Å². The molecule has 0 aliphatic heterocycles. The topological polar surface area (TPSA) is 74.0 Å². The molecular formula is C39H47IrN2O2S-. The minimum atomic E-state index is 0. The molecule has 45 heavy (non-hydrogen) atoms. The van der Waals surface area contributed by atoms with Crippen molar-refractivity contribution in [3.8, 4) is 27.8 Å². The first-order valence-electron chi connectivity index (χ1n) is 15.8. The first-order valence-corrected chi connectivity index (χ1v) is 16.6. The van der Waals surface area contributed by atoms with E-state index in [1.807, 2.05) is 27.7 Å². The molecule has 0 amide bonds. The van der Waals surface area contributed by atoms with Gasteiger partial charge in [-0.3, -0.25) is 4.79 Å². The molecule has 0 saturated carbocycles. The van der Waals surface area contributed by atoms with E-state index < -0.39 is 0 Å². The summed E-state index contributed by atoms with van der Waals surface area (Å²) in [6.07, 6.45) is 6.62. The molecule has 0 aliphatic carbocycles. The zero-order chi connectivity index (χ0) is 32.7. The maximum Gasteiger partial charge on any atom is 0.162 e. The molecular weight excluding hydrogens is 753 g/mol. The second-order valence-electron chi connectivity index (χ2n) is 11.9. The molecule has 0 unspecified atom stereocenters. The van der Waals surface area contributed by atoms with Crippen molar-refractivity contribution in [1.82, 2.24) is 4.98 Å². The van der Waals surface area contributed by atoms with Crippen molar-refractivity contribution >= 4 is 27.2 Å². The van der Waals surface area contributed by atoms with E-state index in [0.29, 0.717) is 5.56 Å². The zero-order valence-corrected chi connectivity index (χ0v) is 31.7. The molecule has 0 fully saturated rings. The third-order valence-corrected chi connectivity index (χ3v) is 9.78. The summed E-state index contributed by atoms with van der Waals surface area (Å²) in [4.78, 5) is 17.6. The monoisotopic (exact) mass is 800 g/mol. The first-order chi connectivity index (χ1) is 20.9. The molecule has 2 aromatic carbocycles. The number of nitrogens with zero attached hydrogens (tertiary/aromatic N) is 2. The third-order valence-electron chi connectivity index (χ3n) is 8.46. The van der Waals surface area contributed by atoms with E-state index in [1.54, 1.807) is 17.5 Å². The fourth-order valence-corrected chi connectivity index (χ4v) is 7.62. The predicted molar refractivity (Wildman–Crippen MR) is 186 cm³/mol. The minimum absolute atomic E-state index is 0. The van der Waals surface area contributed by atoms with E-state index in [2.05, 4.69) is 77.9 Å². The fourth-order valence-electron chi connectivity index (χ4n) is 6.11. The van der Waals surface area contributed by atoms with Crippen LogP contribution in [0.3, 0.4) is 0 Å². The number of fused-ring (bicyclic) bond motifs is 1. The quantitative estimate of drug-likeness (QED) is 0.104. The SMILES string of the molecule is CCC(CC)C(=O)/C=C(\O)C(CC)CC.Cc1[c-]c(-c2ncc(C#N)c3c(C)c(-c4c(C)cc(C)cc4C)sc23)cc(C)c1.[Ir]. The average molecular weight is 800 g/mol. The molecule has 1 N–H and O–H groups in total. The van der Waals surface area contributed by atoms with Crippen LogP contribution in [0.25, 0.3) is 31.8 Å². The number of aromatic nitrogens is 1. The number of aryl methyl sites for hydroxylation is 6. The molecule has 4 aromatic rings. The second kappa shape index (κ2) is 17.0. The number of aliphatic hydroxyl groups is 1. The summed E-state index contributed by atoms with van der Waals surface area (Å²) >= 11 is 1.74. The van der Waals surface area contributed by atoms with E-state index in [4.69, 9.17) is 4.98 Å². The van der Waals surface area contributed by atoms with E-state index in [1.165, 1.54) is 38.8 Å². The summed E-state index contributed by atoms with van der Waals surface area (Å²) in [5.41, 5.74) is 11.1. The third kappa shape index (κ3) is 8.79. The fraction of sp³-hybridized carbons (Fsp3) is 0.410. The summed E-state index contributed by atoms with van der Waals surface area (Å²) in [5.74, 6) is 0.547. The largest absolute Gasteiger partial charge is 0.512 e. The van der Waals surface area contributed by atoms with Gasteiger partial charge in [0.25, 0.3) is 0 Å². The van der Waals surface area contributed by atoms with Gasteiger partial charge in [-0.2, -0.15) is 5.26 Å². The van der Waals surface area contributed by atoms with E-state index in [0.717, 1.165) is 58.2 Å². The number of nitriles is 1. The van der Waals surface area contributed by atoms with Crippen molar-refractivity contribution in [1.29, 1.82) is 5.26 Å². The van der Waals surface area contributed by atoms with Crippen molar-refractivity contribution in [2.45, 2.75) is 94.9 Å². The van der Waals surface area contributed by atoms with Gasteiger partial charge in [0, 0.05) is 64.9 Å². The first kappa shape index (κ1) is 38.1. The molecule has 2 aromatic heterocycles. The Morgan fingerprint density at radius 3 is 2.00 bits per heavy atom. The van der Waals surface area contributed by atoms with Crippen LogP contribution in [0.2, 0.25) is 0 Å². The molecule has 0 aliphatic rings. The Labute approximate surface area is 288 Å². The van der Waals surface area contributed by atoms with Crippen LogP contribution in [-0.4, -0.2) is 15.9 Å². The molecule has 0 saturated heterocycles. The van der Waals surface area contributed by atoms with E-state index in [-0.39, 0.29) is 43.5 Å². The Bertz CT molecular complexity index is 1680. The summed E-state index contributed by atoms with van der Waals surface area (Å²) in [6, 6.07) is 14.5. The normalized spacial score (nSPS) is 11.3. The molecule has 2 heterocycles. The minimum Gasteiger partial charge on any atom is -0.512 e. The van der Waals surface area contributed by atoms with Crippen molar-refractivity contribution < 1.29 is 30.0 Å². The van der Waals surface area contributed by atoms with Gasteiger partial charge in [0.05, 0.1) is 11.3 Å². The average Bonchev–Trinajstić information content (AvgIpc) is 3.29. The van der Waals surface area contributed by atoms with Crippen LogP contribution in [0, 0.1) is 70.8 Å². The Kier molecular flexibility index (Phi) is 14.4. The van der Waals surface area contributed by atoms with Crippen molar-refractivity contribution in [2.24, 2.45) is 11.8 Å². The molecule has 0 atom stereocenters. The van der Waals surface area contributed by atoms with Crippen molar-refractivity contribution in [2.75, 3.05) is 0 Å². The van der Waals surface area contributed by atoms with Crippen LogP contribution in [0.4, 0.5) is 0 Å². The Morgan fingerprint density at radius 2 is 1.49 bits per heavy atom. The molecule has 241 valence electrons. The van der Waals surface area contributed by atoms with Gasteiger partial charge in [-0.05, 0) is 75.6 Å². The van der Waals surface area contributed by atoms with Crippen molar-refractivity contribution in [3.63, 3.8) is 0 Å². The number of rotatable bonds is 9.